The van der Waals surface area contributed by atoms with E-state index in [0.29, 0.717) is 6.04 Å². The molecule has 1 unspecified atom stereocenters. The van der Waals surface area contributed by atoms with Crippen LogP contribution in [0.3, 0.4) is 0 Å². The molecule has 18 heavy (non-hydrogen) atoms. The van der Waals surface area contributed by atoms with E-state index in [1.807, 2.05) is 6.07 Å². The van der Waals surface area contributed by atoms with Gasteiger partial charge in [0.05, 0.1) is 6.10 Å². The summed E-state index contributed by atoms with van der Waals surface area (Å²) in [5.41, 5.74) is 1.26. The smallest absolute Gasteiger partial charge is 0.138 e. The van der Waals surface area contributed by atoms with Gasteiger partial charge in [0, 0.05) is 12.6 Å². The van der Waals surface area contributed by atoms with Crippen LogP contribution in [0, 0.1) is 0 Å². The first-order chi connectivity index (χ1) is 8.77. The van der Waals surface area contributed by atoms with Crippen LogP contribution in [-0.2, 0) is 9.47 Å². The molecule has 0 aliphatic carbocycles. The molecule has 0 aromatic heterocycles. The third kappa shape index (κ3) is 2.07. The Morgan fingerprint density at radius 2 is 2.00 bits per heavy atom. The molecule has 2 aliphatic heterocycles. The maximum absolute atomic E-state index is 6.26. The molecule has 98 valence electrons. The van der Waals surface area contributed by atoms with Crippen molar-refractivity contribution in [2.24, 2.45) is 0 Å². The van der Waals surface area contributed by atoms with Crippen molar-refractivity contribution in [2.45, 2.75) is 44.2 Å². The number of hydrogen-bond donors (Lipinski definition) is 0. The molecule has 0 radical (unpaired) electrons. The van der Waals surface area contributed by atoms with E-state index in [2.05, 4.69) is 43.1 Å². The Balaban J connectivity index is 1.78. The summed E-state index contributed by atoms with van der Waals surface area (Å²) >= 11 is 0. The molecule has 0 amide bonds. The highest BCUT2D eigenvalue weighted by Gasteiger charge is 2.43. The highest BCUT2D eigenvalue weighted by atomic mass is 16.6. The normalized spacial score (nSPS) is 37.2. The highest BCUT2D eigenvalue weighted by molar-refractivity contribution is 5.20. The molecule has 1 aromatic carbocycles. The van der Waals surface area contributed by atoms with E-state index in [1.54, 1.807) is 0 Å². The van der Waals surface area contributed by atoms with Gasteiger partial charge in [0.2, 0.25) is 0 Å². The molecule has 3 rings (SSSR count). The molecular formula is C15H21NO2. The predicted octanol–water partition coefficient (Wildman–Crippen LogP) is 2.58. The summed E-state index contributed by atoms with van der Waals surface area (Å²) in [5.74, 6) is 0. The zero-order chi connectivity index (χ0) is 12.5. The minimum Gasteiger partial charge on any atom is -0.374 e. The van der Waals surface area contributed by atoms with Gasteiger partial charge >= 0.3 is 0 Å². The molecule has 2 fully saturated rings. The number of hydrogen-bond acceptors (Lipinski definition) is 3. The molecule has 3 heteroatoms. The van der Waals surface area contributed by atoms with Crippen LogP contribution in [0.2, 0.25) is 0 Å². The van der Waals surface area contributed by atoms with Crippen LogP contribution < -0.4 is 0 Å². The zero-order valence-electron chi connectivity index (χ0n) is 11.1. The minimum absolute atomic E-state index is 0.104. The first-order valence-corrected chi connectivity index (χ1v) is 6.81. The second kappa shape index (κ2) is 5.00. The minimum atomic E-state index is 0.104. The third-order valence-corrected chi connectivity index (χ3v) is 4.18. The van der Waals surface area contributed by atoms with Gasteiger partial charge in [-0.05, 0) is 32.4 Å². The number of nitrogens with zero attached hydrogens (tertiary/aromatic N) is 1. The standard InChI is InChI=1S/C15H21NO2/c1-11-14(12-7-4-3-5-8-12)18-15(16(11)2)13-9-6-10-17-13/h3-5,7-8,11,13-15H,6,9-10H2,1-2H3/t11-,13?,14+,15-/m0/s1. The lowest BCUT2D eigenvalue weighted by Gasteiger charge is -2.25. The van der Waals surface area contributed by atoms with Gasteiger partial charge in [-0.2, -0.15) is 0 Å². The van der Waals surface area contributed by atoms with Gasteiger partial charge in [0.1, 0.15) is 12.3 Å². The number of benzene rings is 1. The number of likely N-dealkylation sites (N-methyl/N-ethyl adjacent to an activating group) is 1. The van der Waals surface area contributed by atoms with Gasteiger partial charge < -0.3 is 9.47 Å². The third-order valence-electron chi connectivity index (χ3n) is 4.18. The predicted molar refractivity (Wildman–Crippen MR) is 70.3 cm³/mol. The van der Waals surface area contributed by atoms with E-state index in [1.165, 1.54) is 5.56 Å². The molecule has 2 heterocycles. The first kappa shape index (κ1) is 12.2. The van der Waals surface area contributed by atoms with Crippen molar-refractivity contribution < 1.29 is 9.47 Å². The molecular weight excluding hydrogens is 226 g/mol. The van der Waals surface area contributed by atoms with E-state index in [9.17, 15) is 0 Å². The molecule has 1 aromatic rings. The van der Waals surface area contributed by atoms with Gasteiger partial charge in [-0.25, -0.2) is 0 Å². The van der Waals surface area contributed by atoms with Gasteiger partial charge in [0.25, 0.3) is 0 Å². The van der Waals surface area contributed by atoms with Crippen LogP contribution in [0.1, 0.15) is 31.4 Å². The highest BCUT2D eigenvalue weighted by Crippen LogP contribution is 2.37. The molecule has 3 nitrogen and oxygen atoms in total. The molecule has 0 N–H and O–H groups in total. The summed E-state index contributed by atoms with van der Waals surface area (Å²) in [4.78, 5) is 2.31. The molecule has 4 atom stereocenters. The summed E-state index contributed by atoms with van der Waals surface area (Å²) in [6.07, 6.45) is 2.77. The number of ether oxygens (including phenoxy) is 2. The van der Waals surface area contributed by atoms with Crippen molar-refractivity contribution >= 4 is 0 Å². The van der Waals surface area contributed by atoms with Gasteiger partial charge in [-0.1, -0.05) is 30.3 Å². The second-order valence-electron chi connectivity index (χ2n) is 5.32. The van der Waals surface area contributed by atoms with Gasteiger partial charge in [-0.3, -0.25) is 4.90 Å². The Labute approximate surface area is 109 Å². The maximum atomic E-state index is 6.26. The fourth-order valence-corrected chi connectivity index (χ4v) is 2.98. The largest absolute Gasteiger partial charge is 0.374 e. The quantitative estimate of drug-likeness (QED) is 0.801. The molecule has 0 spiro atoms. The zero-order valence-corrected chi connectivity index (χ0v) is 11.1. The summed E-state index contributed by atoms with van der Waals surface area (Å²) in [6.45, 7) is 3.11. The SMILES string of the molecule is C[C@H]1[C@H](c2ccccc2)O[C@@H](C2CCCO2)N1C. The van der Waals surface area contributed by atoms with Crippen LogP contribution in [0.4, 0.5) is 0 Å². The summed E-state index contributed by atoms with van der Waals surface area (Å²) in [7, 11) is 2.14. The van der Waals surface area contributed by atoms with Crippen molar-refractivity contribution in [3.8, 4) is 0 Å². The van der Waals surface area contributed by atoms with Crippen molar-refractivity contribution in [3.05, 3.63) is 35.9 Å². The van der Waals surface area contributed by atoms with E-state index in [-0.39, 0.29) is 18.4 Å². The summed E-state index contributed by atoms with van der Waals surface area (Å²) in [5, 5.41) is 0. The topological polar surface area (TPSA) is 21.7 Å². The molecule has 0 saturated carbocycles. The summed E-state index contributed by atoms with van der Waals surface area (Å²) < 4.78 is 12.0. The van der Waals surface area contributed by atoms with Crippen molar-refractivity contribution in [1.82, 2.24) is 4.90 Å². The lowest BCUT2D eigenvalue weighted by Crippen LogP contribution is -2.39. The van der Waals surface area contributed by atoms with Crippen LogP contribution in [0.15, 0.2) is 30.3 Å². The van der Waals surface area contributed by atoms with E-state index in [4.69, 9.17) is 9.47 Å². The average molecular weight is 247 g/mol. The second-order valence-corrected chi connectivity index (χ2v) is 5.32. The van der Waals surface area contributed by atoms with Crippen LogP contribution in [-0.4, -0.2) is 36.9 Å². The molecule has 2 aliphatic rings. The summed E-state index contributed by atoms with van der Waals surface area (Å²) in [6, 6.07) is 10.9. The Morgan fingerprint density at radius 3 is 2.67 bits per heavy atom. The lowest BCUT2D eigenvalue weighted by atomic mass is 10.0. The van der Waals surface area contributed by atoms with E-state index in [0.717, 1.165) is 19.4 Å². The molecule has 0 bridgehead atoms. The maximum Gasteiger partial charge on any atom is 0.138 e. The van der Waals surface area contributed by atoms with E-state index < -0.39 is 0 Å². The Hall–Kier alpha value is -0.900. The lowest BCUT2D eigenvalue weighted by molar-refractivity contribution is -0.0834. The van der Waals surface area contributed by atoms with Gasteiger partial charge in [0.15, 0.2) is 0 Å². The Bertz CT molecular complexity index is 389. The van der Waals surface area contributed by atoms with Gasteiger partial charge in [-0.15, -0.1) is 0 Å². The van der Waals surface area contributed by atoms with Crippen molar-refractivity contribution in [2.75, 3.05) is 13.7 Å². The Kier molecular flexibility index (Phi) is 3.37. The average Bonchev–Trinajstić information content (AvgIpc) is 3.01. The van der Waals surface area contributed by atoms with Crippen LogP contribution >= 0.6 is 0 Å². The number of rotatable bonds is 2. The molecule has 2 saturated heterocycles. The van der Waals surface area contributed by atoms with Crippen molar-refractivity contribution in [3.63, 3.8) is 0 Å². The fraction of sp³-hybridized carbons (Fsp3) is 0.600. The Morgan fingerprint density at radius 1 is 1.22 bits per heavy atom. The first-order valence-electron chi connectivity index (χ1n) is 6.81. The monoisotopic (exact) mass is 247 g/mol. The fourth-order valence-electron chi connectivity index (χ4n) is 2.98. The van der Waals surface area contributed by atoms with Crippen LogP contribution in [0.25, 0.3) is 0 Å². The van der Waals surface area contributed by atoms with E-state index >= 15 is 0 Å². The van der Waals surface area contributed by atoms with Crippen LogP contribution in [0.5, 0.6) is 0 Å². The van der Waals surface area contributed by atoms with Crippen molar-refractivity contribution in [1.29, 1.82) is 0 Å².